The molecule has 6 heteroatoms. The molecule has 0 aliphatic rings. The van der Waals surface area contributed by atoms with Crippen molar-refractivity contribution in [2.24, 2.45) is 0 Å². The van der Waals surface area contributed by atoms with Crippen LogP contribution in [0.15, 0.2) is 42.5 Å². The molecule has 1 N–H and O–H groups in total. The maximum absolute atomic E-state index is 13.2. The summed E-state index contributed by atoms with van der Waals surface area (Å²) in [6.45, 7) is 2.14. The minimum Gasteiger partial charge on any atom is -0.351 e. The summed E-state index contributed by atoms with van der Waals surface area (Å²) in [6.07, 6.45) is 0. The molecule has 0 bridgehead atoms. The van der Waals surface area contributed by atoms with Gasteiger partial charge >= 0.3 is 0 Å². The lowest BCUT2D eigenvalue weighted by atomic mass is 10.1. The number of thiazole rings is 1. The normalized spacial score (nSPS) is 10.9. The summed E-state index contributed by atoms with van der Waals surface area (Å²) in [6, 6.07) is 12.9. The molecule has 0 radical (unpaired) electrons. The van der Waals surface area contributed by atoms with E-state index >= 15 is 0 Å². The Bertz CT molecular complexity index is 830. The standard InChI is InChI=1S/C18H17FN2OS2/c1-12-8-13(6-7-14(12)19)9-20-17(22)10-23-11-18-21-15-4-2-3-5-16(15)24-18/h2-8H,9-11H2,1H3,(H,20,22). The highest BCUT2D eigenvalue weighted by atomic mass is 32.2. The van der Waals surface area contributed by atoms with Crippen molar-refractivity contribution in [1.82, 2.24) is 10.3 Å². The van der Waals surface area contributed by atoms with Crippen LogP contribution in [0, 0.1) is 12.7 Å². The van der Waals surface area contributed by atoms with Crippen LogP contribution in [0.3, 0.4) is 0 Å². The number of halogens is 1. The van der Waals surface area contributed by atoms with Crippen LogP contribution in [0.2, 0.25) is 0 Å². The van der Waals surface area contributed by atoms with Crippen molar-refractivity contribution in [2.75, 3.05) is 5.75 Å². The molecule has 0 aliphatic heterocycles. The fraction of sp³-hybridized carbons (Fsp3) is 0.222. The van der Waals surface area contributed by atoms with Crippen LogP contribution < -0.4 is 5.32 Å². The van der Waals surface area contributed by atoms with Gasteiger partial charge in [0.2, 0.25) is 5.91 Å². The first-order chi connectivity index (χ1) is 11.6. The number of amides is 1. The van der Waals surface area contributed by atoms with Gasteiger partial charge in [-0.3, -0.25) is 4.79 Å². The van der Waals surface area contributed by atoms with Crippen molar-refractivity contribution in [3.8, 4) is 0 Å². The first-order valence-electron chi connectivity index (χ1n) is 7.56. The zero-order valence-corrected chi connectivity index (χ0v) is 14.8. The molecule has 0 spiro atoms. The second kappa shape index (κ2) is 7.77. The zero-order chi connectivity index (χ0) is 16.9. The lowest BCUT2D eigenvalue weighted by Crippen LogP contribution is -2.24. The predicted octanol–water partition coefficient (Wildman–Crippen LogP) is 4.29. The van der Waals surface area contributed by atoms with Gasteiger partial charge in [-0.1, -0.05) is 24.3 Å². The van der Waals surface area contributed by atoms with E-state index in [1.54, 1.807) is 42.2 Å². The minimum atomic E-state index is -0.225. The zero-order valence-electron chi connectivity index (χ0n) is 13.2. The van der Waals surface area contributed by atoms with Crippen LogP contribution in [0.25, 0.3) is 10.2 Å². The number of fused-ring (bicyclic) bond motifs is 1. The van der Waals surface area contributed by atoms with Gasteiger partial charge in [0.1, 0.15) is 10.8 Å². The van der Waals surface area contributed by atoms with Crippen molar-refractivity contribution in [3.05, 3.63) is 64.4 Å². The minimum absolute atomic E-state index is 0.0249. The largest absolute Gasteiger partial charge is 0.351 e. The average Bonchev–Trinajstić information content (AvgIpc) is 2.98. The number of nitrogens with one attached hydrogen (secondary N) is 1. The molecule has 1 aromatic heterocycles. The number of carbonyl (C=O) groups is 1. The maximum Gasteiger partial charge on any atom is 0.230 e. The van der Waals surface area contributed by atoms with Gasteiger partial charge < -0.3 is 5.32 Å². The Morgan fingerprint density at radius 2 is 2.12 bits per heavy atom. The summed E-state index contributed by atoms with van der Waals surface area (Å²) in [5, 5.41) is 3.89. The quantitative estimate of drug-likeness (QED) is 0.713. The van der Waals surface area contributed by atoms with Crippen molar-refractivity contribution in [1.29, 1.82) is 0 Å². The molecule has 1 amide bonds. The first-order valence-corrected chi connectivity index (χ1v) is 9.53. The molecule has 0 atom stereocenters. The van der Waals surface area contributed by atoms with Gasteiger partial charge in [-0.25, -0.2) is 9.37 Å². The molecule has 3 nitrogen and oxygen atoms in total. The fourth-order valence-electron chi connectivity index (χ4n) is 2.28. The molecule has 0 unspecified atom stereocenters. The topological polar surface area (TPSA) is 42.0 Å². The summed E-state index contributed by atoms with van der Waals surface area (Å²) in [4.78, 5) is 16.5. The van der Waals surface area contributed by atoms with Crippen LogP contribution in [0.5, 0.6) is 0 Å². The summed E-state index contributed by atoms with van der Waals surface area (Å²) >= 11 is 3.21. The van der Waals surface area contributed by atoms with E-state index in [9.17, 15) is 9.18 Å². The van der Waals surface area contributed by atoms with Crippen LogP contribution in [-0.4, -0.2) is 16.6 Å². The maximum atomic E-state index is 13.2. The number of nitrogens with zero attached hydrogens (tertiary/aromatic N) is 1. The van der Waals surface area contributed by atoms with E-state index in [2.05, 4.69) is 16.4 Å². The number of rotatable bonds is 6. The monoisotopic (exact) mass is 360 g/mol. The highest BCUT2D eigenvalue weighted by molar-refractivity contribution is 7.99. The van der Waals surface area contributed by atoms with Crippen LogP contribution in [0.1, 0.15) is 16.1 Å². The molecule has 0 saturated carbocycles. The highest BCUT2D eigenvalue weighted by Crippen LogP contribution is 2.24. The van der Waals surface area contributed by atoms with Crippen molar-refractivity contribution in [2.45, 2.75) is 19.2 Å². The third-order valence-electron chi connectivity index (χ3n) is 3.51. The molecular formula is C18H17FN2OS2. The third kappa shape index (κ3) is 4.33. The van der Waals surface area contributed by atoms with Crippen LogP contribution >= 0.6 is 23.1 Å². The Morgan fingerprint density at radius 1 is 1.29 bits per heavy atom. The molecule has 2 aromatic carbocycles. The van der Waals surface area contributed by atoms with Gasteiger partial charge in [-0.05, 0) is 36.2 Å². The van der Waals surface area contributed by atoms with E-state index < -0.39 is 0 Å². The van der Waals surface area contributed by atoms with Crippen molar-refractivity contribution < 1.29 is 9.18 Å². The van der Waals surface area contributed by atoms with E-state index in [0.29, 0.717) is 17.9 Å². The van der Waals surface area contributed by atoms with Gasteiger partial charge in [0, 0.05) is 12.3 Å². The van der Waals surface area contributed by atoms with Gasteiger partial charge in [-0.15, -0.1) is 23.1 Å². The molecule has 124 valence electrons. The number of benzene rings is 2. The first kappa shape index (κ1) is 16.9. The van der Waals surface area contributed by atoms with Crippen molar-refractivity contribution in [3.63, 3.8) is 0 Å². The fourth-order valence-corrected chi connectivity index (χ4v) is 4.16. The molecule has 0 aliphatic carbocycles. The summed E-state index contributed by atoms with van der Waals surface area (Å²) in [7, 11) is 0. The summed E-state index contributed by atoms with van der Waals surface area (Å²) in [5.74, 6) is 0.859. The molecule has 0 fully saturated rings. The number of hydrogen-bond acceptors (Lipinski definition) is 4. The molecule has 3 rings (SSSR count). The van der Waals surface area contributed by atoms with E-state index in [4.69, 9.17) is 0 Å². The SMILES string of the molecule is Cc1cc(CNC(=O)CSCc2nc3ccccc3s2)ccc1F. The number of aromatic nitrogens is 1. The molecule has 1 heterocycles. The average molecular weight is 360 g/mol. The summed E-state index contributed by atoms with van der Waals surface area (Å²) < 4.78 is 14.4. The van der Waals surface area contributed by atoms with Crippen LogP contribution in [-0.2, 0) is 17.1 Å². The lowest BCUT2D eigenvalue weighted by molar-refractivity contribution is -0.118. The Hall–Kier alpha value is -1.92. The van der Waals surface area contributed by atoms with E-state index in [-0.39, 0.29) is 11.7 Å². The Labute approximate surface area is 148 Å². The lowest BCUT2D eigenvalue weighted by Gasteiger charge is -2.06. The number of carbonyl (C=O) groups excluding carboxylic acids is 1. The van der Waals surface area contributed by atoms with Crippen LogP contribution in [0.4, 0.5) is 4.39 Å². The van der Waals surface area contributed by atoms with Gasteiger partial charge in [0.15, 0.2) is 0 Å². The Balaban J connectivity index is 1.44. The third-order valence-corrected chi connectivity index (χ3v) is 5.67. The second-order valence-electron chi connectivity index (χ2n) is 5.43. The number of para-hydroxylation sites is 1. The van der Waals surface area contributed by atoms with Crippen molar-refractivity contribution >= 4 is 39.2 Å². The van der Waals surface area contributed by atoms with E-state index in [1.165, 1.54) is 10.8 Å². The van der Waals surface area contributed by atoms with E-state index in [1.807, 2.05) is 18.2 Å². The van der Waals surface area contributed by atoms with Gasteiger partial charge in [0.05, 0.1) is 16.0 Å². The summed E-state index contributed by atoms with van der Waals surface area (Å²) in [5.41, 5.74) is 2.50. The highest BCUT2D eigenvalue weighted by Gasteiger charge is 2.06. The number of hydrogen-bond donors (Lipinski definition) is 1. The Kier molecular flexibility index (Phi) is 5.48. The number of aryl methyl sites for hydroxylation is 1. The molecule has 0 saturated heterocycles. The van der Waals surface area contributed by atoms with Gasteiger partial charge in [-0.2, -0.15) is 0 Å². The molecule has 24 heavy (non-hydrogen) atoms. The van der Waals surface area contributed by atoms with Gasteiger partial charge in [0.25, 0.3) is 0 Å². The molecular weight excluding hydrogens is 343 g/mol. The Morgan fingerprint density at radius 3 is 2.92 bits per heavy atom. The second-order valence-corrected chi connectivity index (χ2v) is 7.53. The van der Waals surface area contributed by atoms with E-state index in [0.717, 1.165) is 21.8 Å². The predicted molar refractivity (Wildman–Crippen MR) is 98.8 cm³/mol. The number of thioether (sulfide) groups is 1. The smallest absolute Gasteiger partial charge is 0.230 e. The molecule has 3 aromatic rings.